The van der Waals surface area contributed by atoms with Crippen LogP contribution in [-0.4, -0.2) is 82.3 Å². The lowest BCUT2D eigenvalue weighted by Gasteiger charge is -2.26. The molecule has 0 bridgehead atoms. The summed E-state index contributed by atoms with van der Waals surface area (Å²) in [5.41, 5.74) is 0. The molecule has 0 saturated heterocycles. The number of unbranched alkanes of at least 4 members (excludes halogenated alkanes) is 37. The summed E-state index contributed by atoms with van der Waals surface area (Å²) in [6.45, 7) is 4.66. The second-order valence-electron chi connectivity index (χ2n) is 26.6. The van der Waals surface area contributed by atoms with Crippen LogP contribution in [-0.2, 0) is 33.3 Å². The van der Waals surface area contributed by atoms with Gasteiger partial charge in [0.15, 0.2) is 12.4 Å². The fraction of sp³-hybridized carbons (Fsp3) is 0.744. The first-order chi connectivity index (χ1) is 44.6. The zero-order valence-corrected chi connectivity index (χ0v) is 59.9. The number of allylic oxidation sites excluding steroid dienone is 18. The minimum atomic E-state index is -1.63. The van der Waals surface area contributed by atoms with Gasteiger partial charge >= 0.3 is 11.9 Å². The third-order valence-electron chi connectivity index (χ3n) is 16.5. The molecular weight excluding hydrogens is 1130 g/mol. The third-order valence-corrected chi connectivity index (χ3v) is 16.5. The Morgan fingerprint density at radius 2 is 0.626 bits per heavy atom. The first-order valence-corrected chi connectivity index (χ1v) is 38.0. The molecule has 524 valence electrons. The zero-order chi connectivity index (χ0) is 66.1. The Morgan fingerprint density at radius 1 is 0.341 bits per heavy atom. The molecule has 0 aliphatic heterocycles. The van der Waals surface area contributed by atoms with E-state index in [1.54, 1.807) is 0 Å². The number of ether oxygens (including phenoxy) is 4. The van der Waals surface area contributed by atoms with Crippen molar-refractivity contribution >= 4 is 17.9 Å². The first kappa shape index (κ1) is 87.0. The SMILES string of the molecule is CC/C=C\C/C=C\C/C=C\C/C=C\C/C=C\C/C=C\C/C=C\C/C=C\C/C=C\CCCCCCCCCC(=O)OC(COC(=O)CCCCCCCCCCCCCCCCCCCCCCCCCCCCCCCCC)COC(OCC[N+](C)(C)C)C(=O)[O-]. The van der Waals surface area contributed by atoms with E-state index in [0.717, 1.165) is 103 Å². The van der Waals surface area contributed by atoms with E-state index in [-0.39, 0.29) is 38.6 Å². The summed E-state index contributed by atoms with van der Waals surface area (Å²) >= 11 is 0. The number of carbonyl (C=O) groups excluding carboxylic acids is 3. The van der Waals surface area contributed by atoms with E-state index in [4.69, 9.17) is 18.9 Å². The van der Waals surface area contributed by atoms with E-state index in [1.165, 1.54) is 199 Å². The average molecular weight is 1270 g/mol. The molecule has 0 spiro atoms. The summed E-state index contributed by atoms with van der Waals surface area (Å²) in [6, 6.07) is 0. The Bertz CT molecular complexity index is 1870. The van der Waals surface area contributed by atoms with Gasteiger partial charge in [-0.25, -0.2) is 0 Å². The highest BCUT2D eigenvalue weighted by molar-refractivity contribution is 5.70. The summed E-state index contributed by atoms with van der Waals surface area (Å²) in [5, 5.41) is 11.8. The van der Waals surface area contributed by atoms with E-state index in [2.05, 4.69) is 123 Å². The molecule has 0 N–H and O–H groups in total. The van der Waals surface area contributed by atoms with Gasteiger partial charge < -0.3 is 33.3 Å². The van der Waals surface area contributed by atoms with Crippen molar-refractivity contribution in [1.82, 2.24) is 0 Å². The lowest BCUT2D eigenvalue weighted by molar-refractivity contribution is -0.870. The Morgan fingerprint density at radius 3 is 0.934 bits per heavy atom. The minimum Gasteiger partial charge on any atom is -0.545 e. The molecule has 9 nitrogen and oxygen atoms in total. The molecule has 0 aromatic heterocycles. The van der Waals surface area contributed by atoms with Crippen molar-refractivity contribution in [1.29, 1.82) is 0 Å². The van der Waals surface area contributed by atoms with Crippen LogP contribution in [0.5, 0.6) is 0 Å². The van der Waals surface area contributed by atoms with Gasteiger partial charge in [-0.15, -0.1) is 0 Å². The number of nitrogens with zero attached hydrogens (tertiary/aromatic N) is 1. The normalized spacial score (nSPS) is 13.3. The van der Waals surface area contributed by atoms with Crippen LogP contribution in [0.4, 0.5) is 0 Å². The van der Waals surface area contributed by atoms with E-state index in [9.17, 15) is 19.5 Å². The molecule has 9 heteroatoms. The number of quaternary nitrogens is 1. The molecule has 0 fully saturated rings. The van der Waals surface area contributed by atoms with Gasteiger partial charge in [-0.05, 0) is 83.5 Å². The van der Waals surface area contributed by atoms with E-state index in [0.29, 0.717) is 17.4 Å². The molecule has 0 aromatic rings. The van der Waals surface area contributed by atoms with Crippen molar-refractivity contribution in [2.45, 2.75) is 347 Å². The number of hydrogen-bond acceptors (Lipinski definition) is 8. The Labute approximate surface area is 562 Å². The van der Waals surface area contributed by atoms with Gasteiger partial charge in [0.1, 0.15) is 13.2 Å². The van der Waals surface area contributed by atoms with Gasteiger partial charge in [-0.1, -0.05) is 348 Å². The molecule has 0 radical (unpaired) electrons. The lowest BCUT2D eigenvalue weighted by Crippen LogP contribution is -2.44. The maximum Gasteiger partial charge on any atom is 0.306 e. The predicted molar refractivity (Wildman–Crippen MR) is 389 cm³/mol. The van der Waals surface area contributed by atoms with E-state index in [1.807, 2.05) is 21.1 Å². The fourth-order valence-corrected chi connectivity index (χ4v) is 10.8. The van der Waals surface area contributed by atoms with Gasteiger partial charge in [-0.3, -0.25) is 9.59 Å². The minimum absolute atomic E-state index is 0.142. The van der Waals surface area contributed by atoms with Crippen molar-refractivity contribution in [2.75, 3.05) is 47.5 Å². The van der Waals surface area contributed by atoms with Crippen LogP contribution in [0, 0.1) is 0 Å². The maximum absolute atomic E-state index is 13.0. The van der Waals surface area contributed by atoms with Crippen LogP contribution >= 0.6 is 0 Å². The summed E-state index contributed by atoms with van der Waals surface area (Å²) < 4.78 is 22.8. The van der Waals surface area contributed by atoms with Crippen LogP contribution in [0.1, 0.15) is 335 Å². The number of rotatable bonds is 70. The molecule has 2 atom stereocenters. The number of carbonyl (C=O) groups is 3. The van der Waals surface area contributed by atoms with Crippen LogP contribution in [0.3, 0.4) is 0 Å². The number of aliphatic carboxylic acids is 1. The number of esters is 2. The molecule has 0 saturated carbocycles. The molecule has 0 aromatic carbocycles. The second-order valence-corrected chi connectivity index (χ2v) is 26.6. The molecule has 2 unspecified atom stereocenters. The lowest BCUT2D eigenvalue weighted by atomic mass is 10.0. The van der Waals surface area contributed by atoms with Gasteiger partial charge in [-0.2, -0.15) is 0 Å². The fourth-order valence-electron chi connectivity index (χ4n) is 10.8. The molecule has 0 heterocycles. The summed E-state index contributed by atoms with van der Waals surface area (Å²) in [6.07, 6.45) is 97.6. The number of hydrogen-bond donors (Lipinski definition) is 0. The highest BCUT2D eigenvalue weighted by Gasteiger charge is 2.22. The Hall–Kier alpha value is -4.05. The van der Waals surface area contributed by atoms with Crippen molar-refractivity contribution in [3.05, 3.63) is 109 Å². The highest BCUT2D eigenvalue weighted by Crippen LogP contribution is 2.18. The largest absolute Gasteiger partial charge is 0.545 e. The standard InChI is InChI=1S/C82H143NO8/c1-6-8-10-12-14-16-18-20-22-24-26-28-30-32-34-36-38-39-40-41-43-45-47-49-51-53-55-57-59-61-63-65-67-69-71-73-80(85)91-78(77-90-82(81(86)87)88-75-74-83(3,4)5)76-89-79(84)72-70-68-66-64-62-60-58-56-54-52-50-48-46-44-42-37-35-33-31-29-27-25-23-21-19-17-15-13-11-9-7-2/h8,10,14,16,20,22,26,28,32,34,38-39,41,43,47,49,53,55,78,82H,6-7,9,11-13,15,17-19,21,23-25,27,29-31,33,35-37,40,42,44-46,48,50-52,54,56-77H2,1-5H3/b10-8-,16-14-,22-20-,28-26-,34-32-,39-38-,43-41-,49-47-,55-53-. The van der Waals surface area contributed by atoms with Gasteiger partial charge in [0, 0.05) is 12.8 Å². The molecule has 0 amide bonds. The average Bonchev–Trinajstić information content (AvgIpc) is 3.46. The quantitative estimate of drug-likeness (QED) is 0.0195. The number of carboxylic acids is 1. The van der Waals surface area contributed by atoms with Crippen molar-refractivity contribution in [2.24, 2.45) is 0 Å². The molecule has 0 rings (SSSR count). The third kappa shape index (κ3) is 73.2. The summed E-state index contributed by atoms with van der Waals surface area (Å²) in [7, 11) is 5.93. The van der Waals surface area contributed by atoms with Crippen molar-refractivity contribution in [3.8, 4) is 0 Å². The zero-order valence-electron chi connectivity index (χ0n) is 59.9. The highest BCUT2D eigenvalue weighted by atomic mass is 16.7. The Kier molecular flexibility index (Phi) is 68.6. The second kappa shape index (κ2) is 71.8. The molecular formula is C82H143NO8. The van der Waals surface area contributed by atoms with E-state index < -0.39 is 24.3 Å². The van der Waals surface area contributed by atoms with Crippen molar-refractivity contribution < 1.29 is 42.9 Å². The van der Waals surface area contributed by atoms with Crippen LogP contribution in [0.15, 0.2) is 109 Å². The smallest absolute Gasteiger partial charge is 0.306 e. The van der Waals surface area contributed by atoms with Crippen molar-refractivity contribution in [3.63, 3.8) is 0 Å². The monoisotopic (exact) mass is 1270 g/mol. The molecule has 91 heavy (non-hydrogen) atoms. The van der Waals surface area contributed by atoms with Gasteiger partial charge in [0.2, 0.25) is 0 Å². The van der Waals surface area contributed by atoms with Gasteiger partial charge in [0.05, 0.1) is 40.3 Å². The summed E-state index contributed by atoms with van der Waals surface area (Å²) in [5.74, 6) is -2.29. The maximum atomic E-state index is 13.0. The van der Waals surface area contributed by atoms with E-state index >= 15 is 0 Å². The van der Waals surface area contributed by atoms with Crippen LogP contribution in [0.2, 0.25) is 0 Å². The topological polar surface area (TPSA) is 111 Å². The predicted octanol–water partition coefficient (Wildman–Crippen LogP) is 22.8. The van der Waals surface area contributed by atoms with Gasteiger partial charge in [0.25, 0.3) is 0 Å². The molecule has 0 aliphatic rings. The number of likely N-dealkylation sites (N-methyl/N-ethyl adjacent to an activating group) is 1. The first-order valence-electron chi connectivity index (χ1n) is 38.0. The van der Waals surface area contributed by atoms with Crippen LogP contribution < -0.4 is 5.11 Å². The Balaban J connectivity index is 4.12. The number of carboxylic acid groups (broad SMARTS) is 1. The van der Waals surface area contributed by atoms with Crippen LogP contribution in [0.25, 0.3) is 0 Å². The summed E-state index contributed by atoms with van der Waals surface area (Å²) in [4.78, 5) is 37.6. The molecule has 0 aliphatic carbocycles.